The van der Waals surface area contributed by atoms with Gasteiger partial charge in [-0.2, -0.15) is 0 Å². The van der Waals surface area contributed by atoms with E-state index in [-0.39, 0.29) is 11.1 Å². The molecule has 0 spiro atoms. The van der Waals surface area contributed by atoms with E-state index in [0.29, 0.717) is 15.1 Å². The Morgan fingerprint density at radius 2 is 1.84 bits per heavy atom. The van der Waals surface area contributed by atoms with E-state index in [9.17, 15) is 8.78 Å². The fraction of sp³-hybridized carbons (Fsp3) is 0.143. The van der Waals surface area contributed by atoms with Crippen LogP contribution >= 0.6 is 39.1 Å². The van der Waals surface area contributed by atoms with Gasteiger partial charge in [0.05, 0.1) is 10.4 Å². The molecule has 0 bridgehead atoms. The minimum absolute atomic E-state index is 0.152. The van der Waals surface area contributed by atoms with Gasteiger partial charge in [0, 0.05) is 15.6 Å². The molecule has 19 heavy (non-hydrogen) atoms. The monoisotopic (exact) mass is 364 g/mol. The maximum atomic E-state index is 14.0. The van der Waals surface area contributed by atoms with Gasteiger partial charge in [-0.25, -0.2) is 8.78 Å². The number of aryl methyl sites for hydroxylation is 1. The van der Waals surface area contributed by atoms with Gasteiger partial charge in [0.25, 0.3) is 0 Å². The number of benzene rings is 2. The minimum Gasteiger partial charge on any atom is -0.207 e. The van der Waals surface area contributed by atoms with Crippen molar-refractivity contribution in [1.82, 2.24) is 0 Å². The van der Waals surface area contributed by atoms with E-state index in [2.05, 4.69) is 15.9 Å². The summed E-state index contributed by atoms with van der Waals surface area (Å²) in [5, 5.41) is -0.597. The Labute approximate surface area is 128 Å². The van der Waals surface area contributed by atoms with Crippen LogP contribution in [0.4, 0.5) is 8.78 Å². The first-order valence-corrected chi connectivity index (χ1v) is 7.06. The summed E-state index contributed by atoms with van der Waals surface area (Å²) in [6.07, 6.45) is 0. The van der Waals surface area contributed by atoms with Crippen molar-refractivity contribution in [3.05, 3.63) is 68.2 Å². The lowest BCUT2D eigenvalue weighted by Gasteiger charge is -2.14. The highest BCUT2D eigenvalue weighted by molar-refractivity contribution is 9.10. The smallest absolute Gasteiger partial charge is 0.131 e. The molecule has 0 aliphatic rings. The fourth-order valence-electron chi connectivity index (χ4n) is 1.77. The molecule has 0 N–H and O–H groups in total. The van der Waals surface area contributed by atoms with E-state index >= 15 is 0 Å². The first kappa shape index (κ1) is 14.8. The lowest BCUT2D eigenvalue weighted by atomic mass is 10.0. The molecule has 0 aromatic heterocycles. The molecule has 5 heteroatoms. The Bertz CT molecular complexity index is 629. The van der Waals surface area contributed by atoms with Gasteiger partial charge in [0.2, 0.25) is 0 Å². The summed E-state index contributed by atoms with van der Waals surface area (Å²) in [6.45, 7) is 1.63. The Hall–Kier alpha value is -0.640. The fourth-order valence-corrected chi connectivity index (χ4v) is 2.59. The molecule has 2 aromatic carbocycles. The average Bonchev–Trinajstić information content (AvgIpc) is 2.36. The lowest BCUT2D eigenvalue weighted by molar-refractivity contribution is 0.590. The third-order valence-corrected chi connectivity index (χ3v) is 4.47. The maximum absolute atomic E-state index is 14.0. The molecule has 100 valence electrons. The van der Waals surface area contributed by atoms with Crippen LogP contribution in [0.2, 0.25) is 5.02 Å². The predicted octanol–water partition coefficient (Wildman–Crippen LogP) is 6.02. The number of rotatable bonds is 2. The molecular weight excluding hydrogens is 357 g/mol. The maximum Gasteiger partial charge on any atom is 0.131 e. The third-order valence-electron chi connectivity index (χ3n) is 2.81. The van der Waals surface area contributed by atoms with Gasteiger partial charge in [-0.15, -0.1) is 11.6 Å². The first-order valence-electron chi connectivity index (χ1n) is 5.45. The van der Waals surface area contributed by atoms with E-state index in [1.807, 2.05) is 0 Å². The minimum atomic E-state index is -0.925. The molecule has 0 aliphatic carbocycles. The topological polar surface area (TPSA) is 0 Å². The molecule has 0 radical (unpaired) electrons. The van der Waals surface area contributed by atoms with E-state index in [1.165, 1.54) is 18.2 Å². The third kappa shape index (κ3) is 2.93. The van der Waals surface area contributed by atoms with Crippen molar-refractivity contribution in [2.45, 2.75) is 12.3 Å². The summed E-state index contributed by atoms with van der Waals surface area (Å²) in [5.41, 5.74) is 0.852. The molecule has 0 heterocycles. The molecule has 2 rings (SSSR count). The second-order valence-electron chi connectivity index (χ2n) is 4.13. The predicted molar refractivity (Wildman–Crippen MR) is 77.9 cm³/mol. The first-order chi connectivity index (χ1) is 8.91. The molecule has 0 nitrogen and oxygen atoms in total. The van der Waals surface area contributed by atoms with Gasteiger partial charge >= 0.3 is 0 Å². The van der Waals surface area contributed by atoms with Gasteiger partial charge in [0.1, 0.15) is 11.6 Å². The van der Waals surface area contributed by atoms with Crippen molar-refractivity contribution in [3.63, 3.8) is 0 Å². The van der Waals surface area contributed by atoms with Gasteiger partial charge in [-0.1, -0.05) is 29.8 Å². The number of halogens is 5. The van der Waals surface area contributed by atoms with Gasteiger partial charge < -0.3 is 0 Å². The Morgan fingerprint density at radius 1 is 1.16 bits per heavy atom. The van der Waals surface area contributed by atoms with E-state index in [0.717, 1.165) is 0 Å². The molecule has 0 aliphatic heterocycles. The van der Waals surface area contributed by atoms with E-state index < -0.39 is 17.0 Å². The van der Waals surface area contributed by atoms with Crippen molar-refractivity contribution in [2.75, 3.05) is 0 Å². The molecule has 0 amide bonds. The standard InChI is InChI=1S/C14H9BrCl2F2/c1-7-3-2-4-8(14(7)19)13(17)9-5-11(16)10(15)6-12(9)18/h2-6,13H,1H3. The van der Waals surface area contributed by atoms with Gasteiger partial charge in [0.15, 0.2) is 0 Å². The van der Waals surface area contributed by atoms with Crippen LogP contribution in [0.5, 0.6) is 0 Å². The van der Waals surface area contributed by atoms with Crippen molar-refractivity contribution < 1.29 is 8.78 Å². The van der Waals surface area contributed by atoms with Crippen LogP contribution in [-0.4, -0.2) is 0 Å². The summed E-state index contributed by atoms with van der Waals surface area (Å²) in [4.78, 5) is 0. The summed E-state index contributed by atoms with van der Waals surface area (Å²) >= 11 is 15.2. The average molecular weight is 366 g/mol. The zero-order chi connectivity index (χ0) is 14.2. The molecular formula is C14H9BrCl2F2. The van der Waals surface area contributed by atoms with Crippen LogP contribution in [-0.2, 0) is 0 Å². The molecule has 0 fully saturated rings. The van der Waals surface area contributed by atoms with Crippen molar-refractivity contribution in [1.29, 1.82) is 0 Å². The highest BCUT2D eigenvalue weighted by atomic mass is 79.9. The van der Waals surface area contributed by atoms with Crippen molar-refractivity contribution in [2.24, 2.45) is 0 Å². The Morgan fingerprint density at radius 3 is 2.53 bits per heavy atom. The highest BCUT2D eigenvalue weighted by Gasteiger charge is 2.20. The summed E-state index contributed by atoms with van der Waals surface area (Å²) in [7, 11) is 0. The number of hydrogen-bond acceptors (Lipinski definition) is 0. The Balaban J connectivity index is 2.53. The SMILES string of the molecule is Cc1cccc(C(Cl)c2cc(Cl)c(Br)cc2F)c1F. The van der Waals surface area contributed by atoms with Crippen LogP contribution in [0, 0.1) is 18.6 Å². The molecule has 0 saturated heterocycles. The second kappa shape index (κ2) is 5.78. The zero-order valence-electron chi connectivity index (χ0n) is 9.85. The van der Waals surface area contributed by atoms with Crippen LogP contribution in [0.1, 0.15) is 22.1 Å². The summed E-state index contributed by atoms with van der Waals surface area (Å²) in [5.74, 6) is -0.960. The second-order valence-corrected chi connectivity index (χ2v) is 5.83. The van der Waals surface area contributed by atoms with Crippen LogP contribution in [0.3, 0.4) is 0 Å². The number of hydrogen-bond donors (Lipinski definition) is 0. The lowest BCUT2D eigenvalue weighted by Crippen LogP contribution is -2.01. The summed E-state index contributed by atoms with van der Waals surface area (Å²) < 4.78 is 28.3. The highest BCUT2D eigenvalue weighted by Crippen LogP contribution is 2.36. The number of alkyl halides is 1. The van der Waals surface area contributed by atoms with Gasteiger partial charge in [-0.3, -0.25) is 0 Å². The normalized spacial score (nSPS) is 12.5. The van der Waals surface area contributed by atoms with Crippen LogP contribution < -0.4 is 0 Å². The van der Waals surface area contributed by atoms with Crippen molar-refractivity contribution >= 4 is 39.1 Å². The van der Waals surface area contributed by atoms with Gasteiger partial charge in [-0.05, 0) is 40.5 Å². The van der Waals surface area contributed by atoms with E-state index in [1.54, 1.807) is 19.1 Å². The molecule has 1 unspecified atom stereocenters. The van der Waals surface area contributed by atoms with Crippen LogP contribution in [0.15, 0.2) is 34.8 Å². The van der Waals surface area contributed by atoms with E-state index in [4.69, 9.17) is 23.2 Å². The van der Waals surface area contributed by atoms with Crippen LogP contribution in [0.25, 0.3) is 0 Å². The molecule has 1 atom stereocenters. The molecule has 2 aromatic rings. The Kier molecular flexibility index (Phi) is 4.49. The quantitative estimate of drug-likeness (QED) is 0.451. The zero-order valence-corrected chi connectivity index (χ0v) is 13.0. The van der Waals surface area contributed by atoms with Crippen molar-refractivity contribution in [3.8, 4) is 0 Å². The molecule has 0 saturated carbocycles. The largest absolute Gasteiger partial charge is 0.207 e. The summed E-state index contributed by atoms with van der Waals surface area (Å²) in [6, 6.07) is 7.48.